The van der Waals surface area contributed by atoms with Gasteiger partial charge in [0.15, 0.2) is 0 Å². The summed E-state index contributed by atoms with van der Waals surface area (Å²) in [6, 6.07) is 0. The zero-order valence-electron chi connectivity index (χ0n) is 6.21. The van der Waals surface area contributed by atoms with Gasteiger partial charge in [-0.2, -0.15) is 5.41 Å². The molecule has 0 atom stereocenters. The van der Waals surface area contributed by atoms with Crippen LogP contribution in [-0.2, 0) is 0 Å². The standard InChI is InChI=1S/C5H11.2Li/c1-5(2,3)4;;/h1H2,2-4H3;;/q-1;2*+1. The van der Waals surface area contributed by atoms with Gasteiger partial charge in [-0.1, -0.05) is 20.8 Å². The molecule has 0 aliphatic heterocycles. The summed E-state index contributed by atoms with van der Waals surface area (Å²) in [5, 5.41) is 0. The van der Waals surface area contributed by atoms with E-state index in [-0.39, 0.29) is 43.1 Å². The molecule has 0 spiro atoms. The molecule has 0 aliphatic rings. The van der Waals surface area contributed by atoms with Crippen LogP contribution in [0.5, 0.6) is 0 Å². The Hall–Kier alpha value is 1.19. The van der Waals surface area contributed by atoms with Gasteiger partial charge in [0.25, 0.3) is 0 Å². The average molecular weight is 85.0 g/mol. The van der Waals surface area contributed by atoms with Gasteiger partial charge >= 0.3 is 37.7 Å². The van der Waals surface area contributed by atoms with Crippen molar-refractivity contribution in [2.24, 2.45) is 5.41 Å². The zero-order valence-corrected chi connectivity index (χ0v) is 6.21. The smallest absolute Gasteiger partial charge is 0.338 e. The molecule has 0 aliphatic carbocycles. The third-order valence-corrected chi connectivity index (χ3v) is 0. The van der Waals surface area contributed by atoms with Gasteiger partial charge in [-0.05, 0) is 0 Å². The fourth-order valence-corrected chi connectivity index (χ4v) is 0. The minimum Gasteiger partial charge on any atom is -0.338 e. The molecule has 0 fully saturated rings. The maximum absolute atomic E-state index is 3.77. The van der Waals surface area contributed by atoms with Gasteiger partial charge in [0.1, 0.15) is 0 Å². The van der Waals surface area contributed by atoms with Crippen LogP contribution < -0.4 is 37.7 Å². The first-order valence-electron chi connectivity index (χ1n) is 1.85. The van der Waals surface area contributed by atoms with E-state index in [1.807, 2.05) is 0 Å². The van der Waals surface area contributed by atoms with E-state index >= 15 is 0 Å². The van der Waals surface area contributed by atoms with E-state index in [2.05, 4.69) is 27.7 Å². The predicted octanol–water partition coefficient (Wildman–Crippen LogP) is -4.13. The summed E-state index contributed by atoms with van der Waals surface area (Å²) in [5.41, 5.74) is 0.250. The van der Waals surface area contributed by atoms with E-state index in [1.165, 1.54) is 0 Å². The average Bonchev–Trinajstić information content (AvgIpc) is 0.722. The molecule has 0 rings (SSSR count). The van der Waals surface area contributed by atoms with Crippen LogP contribution in [0.2, 0.25) is 0 Å². The molecule has 32 valence electrons. The van der Waals surface area contributed by atoms with Gasteiger partial charge in [0.05, 0.1) is 0 Å². The second-order valence-corrected chi connectivity index (χ2v) is 2.56. The minimum absolute atomic E-state index is 0. The molecule has 0 amide bonds. The molecule has 0 bridgehead atoms. The van der Waals surface area contributed by atoms with Crippen LogP contribution >= 0.6 is 0 Å². The third kappa shape index (κ3) is 136. The number of hydrogen-bond acceptors (Lipinski definition) is 0. The third-order valence-electron chi connectivity index (χ3n) is 0. The Balaban J connectivity index is -0.0000000800. The first-order valence-corrected chi connectivity index (χ1v) is 1.85. The van der Waals surface area contributed by atoms with Crippen molar-refractivity contribution in [3.05, 3.63) is 6.92 Å². The Morgan fingerprint density at radius 1 is 1.00 bits per heavy atom. The predicted molar refractivity (Wildman–Crippen MR) is 24.8 cm³/mol. The molecule has 0 heterocycles. The van der Waals surface area contributed by atoms with Crippen LogP contribution in [0.25, 0.3) is 0 Å². The van der Waals surface area contributed by atoms with Crippen molar-refractivity contribution in [3.63, 3.8) is 0 Å². The molecule has 0 saturated heterocycles. The van der Waals surface area contributed by atoms with Crippen molar-refractivity contribution >= 4 is 0 Å². The Kier molecular flexibility index (Phi) is 12.0. The van der Waals surface area contributed by atoms with Crippen LogP contribution in [0.3, 0.4) is 0 Å². The monoisotopic (exact) mass is 85.1 g/mol. The van der Waals surface area contributed by atoms with Crippen LogP contribution in [0, 0.1) is 12.3 Å². The Morgan fingerprint density at radius 2 is 1.00 bits per heavy atom. The van der Waals surface area contributed by atoms with Gasteiger partial charge in [-0.3, -0.25) is 0 Å². The van der Waals surface area contributed by atoms with Gasteiger partial charge in [0, 0.05) is 0 Å². The molecule has 0 radical (unpaired) electrons. The molecule has 0 aromatic heterocycles. The molecule has 0 nitrogen and oxygen atoms in total. The van der Waals surface area contributed by atoms with E-state index in [0.717, 1.165) is 0 Å². The van der Waals surface area contributed by atoms with E-state index in [4.69, 9.17) is 0 Å². The Labute approximate surface area is 70.8 Å². The summed E-state index contributed by atoms with van der Waals surface area (Å²) >= 11 is 0. The van der Waals surface area contributed by atoms with Gasteiger partial charge in [-0.25, -0.2) is 0 Å². The second kappa shape index (κ2) is 5.33. The van der Waals surface area contributed by atoms with E-state index in [1.54, 1.807) is 0 Å². The van der Waals surface area contributed by atoms with Crippen molar-refractivity contribution in [2.45, 2.75) is 20.8 Å². The number of hydrogen-bond donors (Lipinski definition) is 0. The zero-order chi connectivity index (χ0) is 4.50. The van der Waals surface area contributed by atoms with Crippen LogP contribution in [0.15, 0.2) is 0 Å². The summed E-state index contributed by atoms with van der Waals surface area (Å²) in [6.07, 6.45) is 0. The van der Waals surface area contributed by atoms with Crippen molar-refractivity contribution in [3.8, 4) is 0 Å². The quantitative estimate of drug-likeness (QED) is 0.207. The SMILES string of the molecule is [CH2-]C(C)(C)C.[Li+].[Li+]. The summed E-state index contributed by atoms with van der Waals surface area (Å²) < 4.78 is 0. The Bertz CT molecular complexity index is 21.6. The van der Waals surface area contributed by atoms with E-state index in [0.29, 0.717) is 0 Å². The first-order chi connectivity index (χ1) is 2.00. The van der Waals surface area contributed by atoms with Crippen LogP contribution in [0.4, 0.5) is 0 Å². The van der Waals surface area contributed by atoms with Gasteiger partial charge in [0.2, 0.25) is 0 Å². The molecular formula is C5H11Li2+. The molecule has 0 saturated carbocycles. The summed E-state index contributed by atoms with van der Waals surface area (Å²) in [7, 11) is 0. The van der Waals surface area contributed by atoms with Crippen LogP contribution in [0.1, 0.15) is 20.8 Å². The second-order valence-electron chi connectivity index (χ2n) is 2.56. The normalized spacial score (nSPS) is 8.57. The summed E-state index contributed by atoms with van der Waals surface area (Å²) in [4.78, 5) is 0. The molecule has 0 aromatic carbocycles. The van der Waals surface area contributed by atoms with Crippen molar-refractivity contribution in [1.82, 2.24) is 0 Å². The van der Waals surface area contributed by atoms with Crippen molar-refractivity contribution in [1.29, 1.82) is 0 Å². The molecule has 0 N–H and O–H groups in total. The Morgan fingerprint density at radius 3 is 1.00 bits per heavy atom. The topological polar surface area (TPSA) is 0 Å². The minimum atomic E-state index is 0. The fourth-order valence-electron chi connectivity index (χ4n) is 0. The molecular weight excluding hydrogens is 73.9 g/mol. The molecule has 0 aromatic rings. The van der Waals surface area contributed by atoms with E-state index < -0.39 is 0 Å². The van der Waals surface area contributed by atoms with Crippen molar-refractivity contribution in [2.75, 3.05) is 0 Å². The largest absolute Gasteiger partial charge is 1.00 e. The fraction of sp³-hybridized carbons (Fsp3) is 0.800. The maximum Gasteiger partial charge on any atom is 1.00 e. The first kappa shape index (κ1) is 15.7. The number of rotatable bonds is 0. The van der Waals surface area contributed by atoms with E-state index in [9.17, 15) is 0 Å². The van der Waals surface area contributed by atoms with Gasteiger partial charge in [-0.15, -0.1) is 0 Å². The molecule has 0 unspecified atom stereocenters. The maximum atomic E-state index is 3.77. The van der Waals surface area contributed by atoms with Crippen LogP contribution in [-0.4, -0.2) is 0 Å². The molecule has 7 heavy (non-hydrogen) atoms. The van der Waals surface area contributed by atoms with Gasteiger partial charge < -0.3 is 6.92 Å². The van der Waals surface area contributed by atoms with Crippen molar-refractivity contribution < 1.29 is 37.7 Å². The summed E-state index contributed by atoms with van der Waals surface area (Å²) in [6.45, 7) is 10.0. The summed E-state index contributed by atoms with van der Waals surface area (Å²) in [5.74, 6) is 0. The molecule has 2 heteroatoms.